The van der Waals surface area contributed by atoms with E-state index >= 15 is 0 Å². The van der Waals surface area contributed by atoms with Crippen molar-refractivity contribution in [1.29, 1.82) is 0 Å². The van der Waals surface area contributed by atoms with Crippen molar-refractivity contribution in [2.75, 3.05) is 6.54 Å². The number of H-pyrrole nitrogens is 1. The lowest BCUT2D eigenvalue weighted by atomic mass is 9.63. The van der Waals surface area contributed by atoms with Crippen LogP contribution in [0.5, 0.6) is 0 Å². The second-order valence-electron chi connectivity index (χ2n) is 3.77. The van der Waals surface area contributed by atoms with E-state index in [1.807, 2.05) is 6.20 Å². The van der Waals surface area contributed by atoms with E-state index in [-0.39, 0.29) is 0 Å². The number of nitrogens with one attached hydrogen (secondary N) is 1. The van der Waals surface area contributed by atoms with Gasteiger partial charge < -0.3 is 10.7 Å². The SMILES string of the molecule is NCCC1(c2cc[nH]c2)CCC1. The Morgan fingerprint density at radius 2 is 2.33 bits per heavy atom. The molecule has 2 nitrogen and oxygen atoms in total. The van der Waals surface area contributed by atoms with E-state index in [9.17, 15) is 0 Å². The van der Waals surface area contributed by atoms with Gasteiger partial charge in [-0.3, -0.25) is 0 Å². The van der Waals surface area contributed by atoms with Crippen LogP contribution in [-0.2, 0) is 5.41 Å². The smallest absolute Gasteiger partial charge is 0.00430 e. The molecule has 1 aromatic rings. The molecule has 0 amide bonds. The predicted molar refractivity (Wildman–Crippen MR) is 50.0 cm³/mol. The van der Waals surface area contributed by atoms with Gasteiger partial charge in [0.25, 0.3) is 0 Å². The number of hydrogen-bond donors (Lipinski definition) is 2. The molecule has 66 valence electrons. The predicted octanol–water partition coefficient (Wildman–Crippen LogP) is 1.79. The van der Waals surface area contributed by atoms with Gasteiger partial charge >= 0.3 is 0 Å². The van der Waals surface area contributed by atoms with Crippen LogP contribution in [-0.4, -0.2) is 11.5 Å². The average molecular weight is 164 g/mol. The third-order valence-corrected chi connectivity index (χ3v) is 3.14. The molecule has 0 saturated heterocycles. The van der Waals surface area contributed by atoms with Crippen molar-refractivity contribution in [3.63, 3.8) is 0 Å². The van der Waals surface area contributed by atoms with Crippen LogP contribution in [0.15, 0.2) is 18.5 Å². The fourth-order valence-corrected chi connectivity index (χ4v) is 2.22. The van der Waals surface area contributed by atoms with E-state index in [2.05, 4.69) is 17.2 Å². The molecule has 12 heavy (non-hydrogen) atoms. The summed E-state index contributed by atoms with van der Waals surface area (Å²) in [6.07, 6.45) is 9.28. The summed E-state index contributed by atoms with van der Waals surface area (Å²) in [5.41, 5.74) is 7.52. The van der Waals surface area contributed by atoms with E-state index in [4.69, 9.17) is 5.73 Å². The van der Waals surface area contributed by atoms with Gasteiger partial charge in [-0.2, -0.15) is 0 Å². The number of aromatic amines is 1. The Bertz CT molecular complexity index is 234. The zero-order chi connectivity index (χ0) is 8.44. The Morgan fingerprint density at radius 3 is 2.75 bits per heavy atom. The van der Waals surface area contributed by atoms with Gasteiger partial charge in [0.1, 0.15) is 0 Å². The lowest BCUT2D eigenvalue weighted by Crippen LogP contribution is -2.35. The molecule has 2 heteroatoms. The summed E-state index contributed by atoms with van der Waals surface area (Å²) < 4.78 is 0. The molecule has 0 spiro atoms. The van der Waals surface area contributed by atoms with Gasteiger partial charge in [0.05, 0.1) is 0 Å². The first-order chi connectivity index (χ1) is 5.87. The maximum absolute atomic E-state index is 5.62. The number of aromatic nitrogens is 1. The quantitative estimate of drug-likeness (QED) is 0.702. The van der Waals surface area contributed by atoms with Gasteiger partial charge in [0.2, 0.25) is 0 Å². The van der Waals surface area contributed by atoms with Gasteiger partial charge in [0, 0.05) is 12.4 Å². The lowest BCUT2D eigenvalue weighted by Gasteiger charge is -2.41. The lowest BCUT2D eigenvalue weighted by molar-refractivity contribution is 0.229. The first kappa shape index (κ1) is 7.87. The van der Waals surface area contributed by atoms with Crippen LogP contribution in [0.3, 0.4) is 0 Å². The zero-order valence-corrected chi connectivity index (χ0v) is 7.34. The van der Waals surface area contributed by atoms with Crippen LogP contribution in [0.25, 0.3) is 0 Å². The zero-order valence-electron chi connectivity index (χ0n) is 7.34. The van der Waals surface area contributed by atoms with Crippen molar-refractivity contribution < 1.29 is 0 Å². The van der Waals surface area contributed by atoms with Crippen molar-refractivity contribution in [2.45, 2.75) is 31.1 Å². The summed E-state index contributed by atoms with van der Waals surface area (Å²) in [6, 6.07) is 2.19. The van der Waals surface area contributed by atoms with E-state index in [1.54, 1.807) is 0 Å². The van der Waals surface area contributed by atoms with Crippen molar-refractivity contribution in [1.82, 2.24) is 4.98 Å². The van der Waals surface area contributed by atoms with Crippen LogP contribution < -0.4 is 5.73 Å². The normalized spacial score (nSPS) is 20.4. The highest BCUT2D eigenvalue weighted by molar-refractivity contribution is 5.25. The number of rotatable bonds is 3. The summed E-state index contributed by atoms with van der Waals surface area (Å²) in [7, 11) is 0. The molecule has 2 rings (SSSR count). The molecule has 0 unspecified atom stereocenters. The van der Waals surface area contributed by atoms with Gasteiger partial charge in [-0.1, -0.05) is 6.42 Å². The van der Waals surface area contributed by atoms with Crippen LogP contribution in [0.2, 0.25) is 0 Å². The molecule has 1 fully saturated rings. The minimum absolute atomic E-state index is 0.439. The molecule has 0 aliphatic heterocycles. The number of nitrogens with two attached hydrogens (primary N) is 1. The van der Waals surface area contributed by atoms with E-state index < -0.39 is 0 Å². The minimum Gasteiger partial charge on any atom is -0.367 e. The van der Waals surface area contributed by atoms with Crippen LogP contribution >= 0.6 is 0 Å². The molecular formula is C10H16N2. The summed E-state index contributed by atoms with van der Waals surface area (Å²) in [5.74, 6) is 0. The van der Waals surface area contributed by atoms with Gasteiger partial charge in [-0.25, -0.2) is 0 Å². The largest absolute Gasteiger partial charge is 0.367 e. The summed E-state index contributed by atoms with van der Waals surface area (Å²) in [6.45, 7) is 0.811. The molecule has 1 aliphatic rings. The molecular weight excluding hydrogens is 148 g/mol. The highest BCUT2D eigenvalue weighted by atomic mass is 14.7. The second kappa shape index (κ2) is 2.94. The number of hydrogen-bond acceptors (Lipinski definition) is 1. The van der Waals surface area contributed by atoms with E-state index in [0.29, 0.717) is 5.41 Å². The Labute approximate surface area is 73.2 Å². The highest BCUT2D eigenvalue weighted by Gasteiger charge is 2.37. The first-order valence-corrected chi connectivity index (χ1v) is 4.71. The fourth-order valence-electron chi connectivity index (χ4n) is 2.22. The summed E-state index contributed by atoms with van der Waals surface area (Å²) in [4.78, 5) is 3.12. The summed E-state index contributed by atoms with van der Waals surface area (Å²) >= 11 is 0. The topological polar surface area (TPSA) is 41.8 Å². The Morgan fingerprint density at radius 1 is 1.50 bits per heavy atom. The van der Waals surface area contributed by atoms with Crippen molar-refractivity contribution >= 4 is 0 Å². The second-order valence-corrected chi connectivity index (χ2v) is 3.77. The maximum Gasteiger partial charge on any atom is 0.00430 e. The van der Waals surface area contributed by atoms with Crippen LogP contribution in [0.1, 0.15) is 31.2 Å². The average Bonchev–Trinajstić information content (AvgIpc) is 2.48. The van der Waals surface area contributed by atoms with Crippen molar-refractivity contribution in [3.8, 4) is 0 Å². The Kier molecular flexibility index (Phi) is 1.93. The molecule has 1 aliphatic carbocycles. The van der Waals surface area contributed by atoms with Crippen LogP contribution in [0, 0.1) is 0 Å². The Balaban J connectivity index is 2.17. The molecule has 1 aromatic heterocycles. The van der Waals surface area contributed by atoms with E-state index in [0.717, 1.165) is 13.0 Å². The van der Waals surface area contributed by atoms with Crippen molar-refractivity contribution in [2.24, 2.45) is 5.73 Å². The van der Waals surface area contributed by atoms with Gasteiger partial charge in [-0.05, 0) is 42.9 Å². The van der Waals surface area contributed by atoms with Crippen LogP contribution in [0.4, 0.5) is 0 Å². The molecule has 0 aromatic carbocycles. The molecule has 1 heterocycles. The molecule has 1 saturated carbocycles. The van der Waals surface area contributed by atoms with Crippen molar-refractivity contribution in [3.05, 3.63) is 24.0 Å². The summed E-state index contributed by atoms with van der Waals surface area (Å²) in [5, 5.41) is 0. The Hall–Kier alpha value is -0.760. The molecule has 3 N–H and O–H groups in total. The third kappa shape index (κ3) is 1.07. The third-order valence-electron chi connectivity index (χ3n) is 3.14. The first-order valence-electron chi connectivity index (χ1n) is 4.71. The monoisotopic (exact) mass is 164 g/mol. The molecule has 0 radical (unpaired) electrons. The highest BCUT2D eigenvalue weighted by Crippen LogP contribution is 2.45. The molecule has 0 bridgehead atoms. The standard InChI is InChI=1S/C10H16N2/c11-6-5-10(3-1-4-10)9-2-7-12-8-9/h2,7-8,12H,1,3-6,11H2. The van der Waals surface area contributed by atoms with E-state index in [1.165, 1.54) is 24.8 Å². The van der Waals surface area contributed by atoms with Gasteiger partial charge in [0.15, 0.2) is 0 Å². The maximum atomic E-state index is 5.62. The van der Waals surface area contributed by atoms with Gasteiger partial charge in [-0.15, -0.1) is 0 Å². The fraction of sp³-hybridized carbons (Fsp3) is 0.600. The minimum atomic E-state index is 0.439. The molecule has 0 atom stereocenters.